The van der Waals surface area contributed by atoms with Crippen LogP contribution in [0.3, 0.4) is 0 Å². The predicted molar refractivity (Wildman–Crippen MR) is 63.6 cm³/mol. The molecule has 0 aromatic carbocycles. The van der Waals surface area contributed by atoms with Crippen LogP contribution in [0, 0.1) is 5.41 Å². The average Bonchev–Trinajstić information content (AvgIpc) is 2.73. The second-order valence-corrected chi connectivity index (χ2v) is 4.94. The van der Waals surface area contributed by atoms with Crippen LogP contribution in [0.15, 0.2) is 18.3 Å². The number of halogens is 2. The molecule has 4 nitrogen and oxygen atoms in total. The number of nitrogens with zero attached hydrogens (tertiary/aromatic N) is 1. The molecule has 1 heterocycles. The van der Waals surface area contributed by atoms with E-state index in [-0.39, 0.29) is 18.8 Å². The number of aliphatic hydroxyl groups excluding tert-OH is 1. The summed E-state index contributed by atoms with van der Waals surface area (Å²) in [6.45, 7) is 3.31. The minimum atomic E-state index is -2.50. The molecule has 0 aliphatic rings. The molecule has 1 aromatic rings. The predicted octanol–water partition coefficient (Wildman–Crippen LogP) is 1.50. The van der Waals surface area contributed by atoms with Gasteiger partial charge in [-0.1, -0.05) is 13.8 Å². The number of aliphatic hydroxyl groups is 1. The van der Waals surface area contributed by atoms with Crippen molar-refractivity contribution in [2.45, 2.75) is 26.8 Å². The van der Waals surface area contributed by atoms with Crippen molar-refractivity contribution in [3.63, 3.8) is 0 Å². The van der Waals surface area contributed by atoms with Gasteiger partial charge in [0.05, 0.1) is 6.54 Å². The van der Waals surface area contributed by atoms with Gasteiger partial charge in [0.25, 0.3) is 12.3 Å². The van der Waals surface area contributed by atoms with E-state index < -0.39 is 24.3 Å². The minimum Gasteiger partial charge on any atom is -0.396 e. The normalized spacial score (nSPS) is 11.9. The van der Waals surface area contributed by atoms with Crippen molar-refractivity contribution in [2.24, 2.45) is 5.41 Å². The third-order valence-electron chi connectivity index (χ3n) is 2.55. The van der Waals surface area contributed by atoms with E-state index in [1.807, 2.05) is 0 Å². The molecule has 102 valence electrons. The summed E-state index contributed by atoms with van der Waals surface area (Å²) in [5, 5.41) is 11.7. The zero-order valence-corrected chi connectivity index (χ0v) is 10.5. The summed E-state index contributed by atoms with van der Waals surface area (Å²) in [4.78, 5) is 11.8. The van der Waals surface area contributed by atoms with Gasteiger partial charge >= 0.3 is 0 Å². The van der Waals surface area contributed by atoms with Crippen LogP contribution < -0.4 is 5.32 Å². The smallest absolute Gasteiger partial charge is 0.267 e. The highest BCUT2D eigenvalue weighted by molar-refractivity contribution is 5.92. The van der Waals surface area contributed by atoms with E-state index in [1.165, 1.54) is 16.8 Å². The summed E-state index contributed by atoms with van der Waals surface area (Å²) < 4.78 is 25.8. The van der Waals surface area contributed by atoms with E-state index >= 15 is 0 Å². The molecule has 0 aliphatic heterocycles. The highest BCUT2D eigenvalue weighted by Gasteiger charge is 2.19. The SMILES string of the molecule is CC(C)(CO)CNC(=O)c1cccn1CC(F)F. The van der Waals surface area contributed by atoms with Crippen LogP contribution in [-0.2, 0) is 6.54 Å². The van der Waals surface area contributed by atoms with Gasteiger partial charge in [0.1, 0.15) is 5.69 Å². The van der Waals surface area contributed by atoms with E-state index in [1.54, 1.807) is 19.9 Å². The third kappa shape index (κ3) is 4.10. The standard InChI is InChI=1S/C12H18F2N2O2/c1-12(2,8-17)7-15-11(18)9-4-3-5-16(9)6-10(13)14/h3-5,10,17H,6-8H2,1-2H3,(H,15,18). The summed E-state index contributed by atoms with van der Waals surface area (Å²) >= 11 is 0. The maximum Gasteiger partial charge on any atom is 0.267 e. The van der Waals surface area contributed by atoms with Crippen molar-refractivity contribution in [3.05, 3.63) is 24.0 Å². The number of nitrogens with one attached hydrogen (secondary N) is 1. The van der Waals surface area contributed by atoms with Crippen molar-refractivity contribution in [3.8, 4) is 0 Å². The molecule has 0 unspecified atom stereocenters. The van der Waals surface area contributed by atoms with Crippen LogP contribution in [0.2, 0.25) is 0 Å². The lowest BCUT2D eigenvalue weighted by atomic mass is 9.95. The molecule has 1 rings (SSSR count). The maximum atomic E-state index is 12.3. The van der Waals surface area contributed by atoms with Gasteiger partial charge in [0.2, 0.25) is 0 Å². The second kappa shape index (κ2) is 5.95. The Morgan fingerprint density at radius 1 is 1.56 bits per heavy atom. The number of amides is 1. The number of hydrogen-bond acceptors (Lipinski definition) is 2. The largest absolute Gasteiger partial charge is 0.396 e. The van der Waals surface area contributed by atoms with Crippen LogP contribution in [0.5, 0.6) is 0 Å². The lowest BCUT2D eigenvalue weighted by Crippen LogP contribution is -2.37. The first-order valence-electron chi connectivity index (χ1n) is 5.68. The molecule has 0 fully saturated rings. The van der Waals surface area contributed by atoms with Crippen molar-refractivity contribution in [2.75, 3.05) is 13.2 Å². The van der Waals surface area contributed by atoms with E-state index in [0.29, 0.717) is 0 Å². The van der Waals surface area contributed by atoms with Gasteiger partial charge in [-0.2, -0.15) is 0 Å². The zero-order chi connectivity index (χ0) is 13.8. The quantitative estimate of drug-likeness (QED) is 0.814. The first-order chi connectivity index (χ1) is 8.35. The van der Waals surface area contributed by atoms with E-state index in [4.69, 9.17) is 5.11 Å². The first kappa shape index (κ1) is 14.6. The Kier molecular flexibility index (Phi) is 4.84. The van der Waals surface area contributed by atoms with Gasteiger partial charge in [-0.3, -0.25) is 4.79 Å². The highest BCUT2D eigenvalue weighted by atomic mass is 19.3. The first-order valence-corrected chi connectivity index (χ1v) is 5.68. The molecule has 6 heteroatoms. The molecule has 0 saturated heterocycles. The van der Waals surface area contributed by atoms with Gasteiger partial charge in [0.15, 0.2) is 0 Å². The number of hydrogen-bond donors (Lipinski definition) is 2. The van der Waals surface area contributed by atoms with Gasteiger partial charge < -0.3 is 15.0 Å². The van der Waals surface area contributed by atoms with Gasteiger partial charge in [-0.25, -0.2) is 8.78 Å². The summed E-state index contributed by atoms with van der Waals surface area (Å²) in [6.07, 6.45) is -1.06. The number of alkyl halides is 2. The molecule has 18 heavy (non-hydrogen) atoms. The van der Waals surface area contributed by atoms with Crippen molar-refractivity contribution < 1.29 is 18.7 Å². The zero-order valence-electron chi connectivity index (χ0n) is 10.5. The van der Waals surface area contributed by atoms with Crippen LogP contribution >= 0.6 is 0 Å². The topological polar surface area (TPSA) is 54.3 Å². The van der Waals surface area contributed by atoms with Gasteiger partial charge in [0, 0.05) is 24.8 Å². The molecule has 1 amide bonds. The van der Waals surface area contributed by atoms with Crippen LogP contribution in [0.1, 0.15) is 24.3 Å². The Balaban J connectivity index is 2.65. The molecular weight excluding hydrogens is 242 g/mol. The van der Waals surface area contributed by atoms with Gasteiger partial charge in [-0.15, -0.1) is 0 Å². The van der Waals surface area contributed by atoms with E-state index in [9.17, 15) is 13.6 Å². The second-order valence-electron chi connectivity index (χ2n) is 4.94. The molecule has 2 N–H and O–H groups in total. The molecule has 0 radical (unpaired) electrons. The molecule has 0 saturated carbocycles. The average molecular weight is 260 g/mol. The van der Waals surface area contributed by atoms with E-state index in [0.717, 1.165) is 0 Å². The van der Waals surface area contributed by atoms with Crippen molar-refractivity contribution in [1.29, 1.82) is 0 Å². The molecular formula is C12H18F2N2O2. The fraction of sp³-hybridized carbons (Fsp3) is 0.583. The number of carbonyl (C=O) groups excluding carboxylic acids is 1. The van der Waals surface area contributed by atoms with E-state index in [2.05, 4.69) is 5.32 Å². The minimum absolute atomic E-state index is 0.0642. The molecule has 0 bridgehead atoms. The fourth-order valence-corrected chi connectivity index (χ4v) is 1.39. The Labute approximate surface area is 105 Å². The van der Waals surface area contributed by atoms with Crippen molar-refractivity contribution in [1.82, 2.24) is 9.88 Å². The van der Waals surface area contributed by atoms with Crippen LogP contribution in [0.4, 0.5) is 8.78 Å². The Morgan fingerprint density at radius 3 is 2.78 bits per heavy atom. The van der Waals surface area contributed by atoms with Crippen molar-refractivity contribution >= 4 is 5.91 Å². The van der Waals surface area contributed by atoms with Crippen LogP contribution in [0.25, 0.3) is 0 Å². The van der Waals surface area contributed by atoms with Crippen LogP contribution in [-0.4, -0.2) is 35.2 Å². The Hall–Kier alpha value is -1.43. The maximum absolute atomic E-state index is 12.3. The number of rotatable bonds is 6. The molecule has 0 aliphatic carbocycles. The summed E-state index contributed by atoms with van der Waals surface area (Å²) in [6, 6.07) is 3.04. The fourth-order valence-electron chi connectivity index (χ4n) is 1.39. The monoisotopic (exact) mass is 260 g/mol. The summed E-state index contributed by atoms with van der Waals surface area (Å²) in [5.74, 6) is -0.415. The molecule has 1 aromatic heterocycles. The molecule has 0 atom stereocenters. The lowest BCUT2D eigenvalue weighted by molar-refractivity contribution is 0.0890. The summed E-state index contributed by atoms with van der Waals surface area (Å²) in [5.41, 5.74) is -0.237. The molecule has 0 spiro atoms. The Bertz CT molecular complexity index is 403. The highest BCUT2D eigenvalue weighted by Crippen LogP contribution is 2.12. The third-order valence-corrected chi connectivity index (χ3v) is 2.55. The number of aromatic nitrogens is 1. The number of carbonyl (C=O) groups is 1. The van der Waals surface area contributed by atoms with Gasteiger partial charge in [-0.05, 0) is 12.1 Å². The Morgan fingerprint density at radius 2 is 2.22 bits per heavy atom. The lowest BCUT2D eigenvalue weighted by Gasteiger charge is -2.22. The summed E-state index contributed by atoms with van der Waals surface area (Å²) in [7, 11) is 0.